The molecular formula is C7H8NO+. The summed E-state index contributed by atoms with van der Waals surface area (Å²) in [6.07, 6.45) is 3.45. The number of Topliss-reactive ketones (excluding diaryl/α,β-unsaturated/α-hetero) is 1. The van der Waals surface area contributed by atoms with E-state index < -0.39 is 0 Å². The number of aromatic nitrogens is 1. The van der Waals surface area contributed by atoms with E-state index >= 15 is 0 Å². The van der Waals surface area contributed by atoms with Crippen molar-refractivity contribution in [2.45, 2.75) is 6.92 Å². The van der Waals surface area contributed by atoms with Crippen molar-refractivity contribution in [3.05, 3.63) is 30.1 Å². The first-order chi connectivity index (χ1) is 4.30. The van der Waals surface area contributed by atoms with Crippen LogP contribution in [0.25, 0.3) is 0 Å². The van der Waals surface area contributed by atoms with Crippen molar-refractivity contribution < 1.29 is 9.78 Å². The Morgan fingerprint density at radius 1 is 1.67 bits per heavy atom. The molecule has 9 heavy (non-hydrogen) atoms. The molecule has 1 aromatic rings. The minimum Gasteiger partial charge on any atom is -0.294 e. The van der Waals surface area contributed by atoms with E-state index in [2.05, 4.69) is 4.98 Å². The summed E-state index contributed by atoms with van der Waals surface area (Å²) in [5.74, 6) is 0.0897. The molecule has 0 saturated carbocycles. The number of carbonyl (C=O) groups is 1. The Labute approximate surface area is 53.5 Å². The lowest BCUT2D eigenvalue weighted by Crippen LogP contribution is -2.03. The van der Waals surface area contributed by atoms with E-state index in [0.717, 1.165) is 5.56 Å². The third-order valence-electron chi connectivity index (χ3n) is 1.11. The summed E-state index contributed by atoms with van der Waals surface area (Å²) in [6, 6.07) is 3.58. The maximum Gasteiger partial charge on any atom is 0.177 e. The second kappa shape index (κ2) is 2.40. The average Bonchev–Trinajstić information content (AvgIpc) is 1.90. The van der Waals surface area contributed by atoms with Crippen molar-refractivity contribution in [2.24, 2.45) is 0 Å². The molecule has 0 aliphatic carbocycles. The van der Waals surface area contributed by atoms with Crippen LogP contribution < -0.4 is 4.98 Å². The second-order valence-electron chi connectivity index (χ2n) is 1.85. The van der Waals surface area contributed by atoms with Gasteiger partial charge < -0.3 is 0 Å². The van der Waals surface area contributed by atoms with Gasteiger partial charge in [-0.3, -0.25) is 4.79 Å². The highest BCUT2D eigenvalue weighted by atomic mass is 16.1. The molecule has 0 spiro atoms. The Morgan fingerprint density at radius 2 is 2.44 bits per heavy atom. The fourth-order valence-electron chi connectivity index (χ4n) is 0.612. The Morgan fingerprint density at radius 3 is 2.78 bits per heavy atom. The molecule has 0 radical (unpaired) electrons. The number of hydrogen-bond donors (Lipinski definition) is 0. The number of carbonyl (C=O) groups excluding carboxylic acids is 1. The summed E-state index contributed by atoms with van der Waals surface area (Å²) in [4.78, 5) is 13.4. The second-order valence-corrected chi connectivity index (χ2v) is 1.85. The highest BCUT2D eigenvalue weighted by molar-refractivity contribution is 5.93. The molecule has 2 nitrogen and oxygen atoms in total. The van der Waals surface area contributed by atoms with Crippen molar-refractivity contribution in [1.29, 1.82) is 0 Å². The van der Waals surface area contributed by atoms with Gasteiger partial charge in [0.15, 0.2) is 18.2 Å². The fraction of sp³-hybridized carbons (Fsp3) is 0.143. The first-order valence-corrected chi connectivity index (χ1v) is 2.78. The predicted octanol–water partition coefficient (Wildman–Crippen LogP) is 0.703. The number of rotatable bonds is 1. The third-order valence-corrected chi connectivity index (χ3v) is 1.11. The fourth-order valence-corrected chi connectivity index (χ4v) is 0.612. The SMILES string of the molecule is CC(=O)c1ccc[nH+]c1. The van der Waals surface area contributed by atoms with E-state index in [4.69, 9.17) is 0 Å². The van der Waals surface area contributed by atoms with Crippen LogP contribution in [-0.4, -0.2) is 5.78 Å². The molecule has 2 heteroatoms. The van der Waals surface area contributed by atoms with Crippen LogP contribution in [0, 0.1) is 0 Å². The third kappa shape index (κ3) is 1.35. The molecule has 1 N–H and O–H groups in total. The molecule has 0 atom stereocenters. The first kappa shape index (κ1) is 5.95. The zero-order valence-electron chi connectivity index (χ0n) is 5.22. The van der Waals surface area contributed by atoms with Gasteiger partial charge in [-0.15, -0.1) is 0 Å². The molecular weight excluding hydrogens is 114 g/mol. The Hall–Kier alpha value is -1.18. The van der Waals surface area contributed by atoms with Gasteiger partial charge in [-0.1, -0.05) is 0 Å². The van der Waals surface area contributed by atoms with Crippen molar-refractivity contribution in [2.75, 3.05) is 0 Å². The van der Waals surface area contributed by atoms with Crippen molar-refractivity contribution in [3.8, 4) is 0 Å². The minimum absolute atomic E-state index is 0.0897. The predicted molar refractivity (Wildman–Crippen MR) is 33.0 cm³/mol. The van der Waals surface area contributed by atoms with Crippen LogP contribution in [0.15, 0.2) is 24.5 Å². The van der Waals surface area contributed by atoms with Gasteiger partial charge in [-0.2, -0.15) is 0 Å². The van der Waals surface area contributed by atoms with Gasteiger partial charge in [0.1, 0.15) is 0 Å². The normalized spacial score (nSPS) is 9.00. The summed E-state index contributed by atoms with van der Waals surface area (Å²) in [5, 5.41) is 0. The van der Waals surface area contributed by atoms with Crippen LogP contribution >= 0.6 is 0 Å². The molecule has 1 rings (SSSR count). The lowest BCUT2D eigenvalue weighted by atomic mass is 10.2. The molecule has 1 heterocycles. The number of pyridine rings is 1. The van der Waals surface area contributed by atoms with Gasteiger partial charge in [0.25, 0.3) is 0 Å². The summed E-state index contributed by atoms with van der Waals surface area (Å²) >= 11 is 0. The molecule has 0 unspecified atom stereocenters. The van der Waals surface area contributed by atoms with E-state index in [1.54, 1.807) is 31.5 Å². The van der Waals surface area contributed by atoms with E-state index in [0.29, 0.717) is 0 Å². The number of aromatic amines is 1. The Kier molecular flexibility index (Phi) is 1.58. The van der Waals surface area contributed by atoms with Crippen molar-refractivity contribution in [1.82, 2.24) is 0 Å². The van der Waals surface area contributed by atoms with E-state index in [1.165, 1.54) is 0 Å². The zero-order chi connectivity index (χ0) is 6.69. The molecule has 1 aromatic heterocycles. The van der Waals surface area contributed by atoms with E-state index in [-0.39, 0.29) is 5.78 Å². The smallest absolute Gasteiger partial charge is 0.177 e. The highest BCUT2D eigenvalue weighted by Crippen LogP contribution is 1.92. The van der Waals surface area contributed by atoms with Crippen LogP contribution in [-0.2, 0) is 0 Å². The van der Waals surface area contributed by atoms with Crippen LogP contribution in [0.2, 0.25) is 0 Å². The topological polar surface area (TPSA) is 31.2 Å². The van der Waals surface area contributed by atoms with Crippen LogP contribution in [0.3, 0.4) is 0 Å². The van der Waals surface area contributed by atoms with Gasteiger partial charge in [-0.05, 0) is 13.0 Å². The molecule has 0 aromatic carbocycles. The highest BCUT2D eigenvalue weighted by Gasteiger charge is 1.97. The van der Waals surface area contributed by atoms with Crippen molar-refractivity contribution in [3.63, 3.8) is 0 Å². The molecule has 0 amide bonds. The molecule has 0 aliphatic rings. The molecule has 0 bridgehead atoms. The number of hydrogen-bond acceptors (Lipinski definition) is 1. The molecule has 46 valence electrons. The standard InChI is InChI=1S/C7H7NO/c1-6(9)7-3-2-4-8-5-7/h2-5H,1H3/p+1. The summed E-state index contributed by atoms with van der Waals surface area (Å²) in [5.41, 5.74) is 0.720. The van der Waals surface area contributed by atoms with Gasteiger partial charge in [-0.25, -0.2) is 4.98 Å². The largest absolute Gasteiger partial charge is 0.294 e. The van der Waals surface area contributed by atoms with Gasteiger partial charge >= 0.3 is 0 Å². The lowest BCUT2D eigenvalue weighted by Gasteiger charge is -1.84. The Bertz CT molecular complexity index is 205. The zero-order valence-corrected chi connectivity index (χ0v) is 5.22. The number of H-pyrrole nitrogens is 1. The van der Waals surface area contributed by atoms with E-state index in [1.807, 2.05) is 0 Å². The summed E-state index contributed by atoms with van der Waals surface area (Å²) in [6.45, 7) is 1.54. The van der Waals surface area contributed by atoms with Crippen LogP contribution in [0.1, 0.15) is 17.3 Å². The molecule has 0 aliphatic heterocycles. The maximum absolute atomic E-state index is 10.6. The van der Waals surface area contributed by atoms with Crippen molar-refractivity contribution >= 4 is 5.78 Å². The van der Waals surface area contributed by atoms with Crippen LogP contribution in [0.5, 0.6) is 0 Å². The van der Waals surface area contributed by atoms with Gasteiger partial charge in [0.2, 0.25) is 0 Å². The quantitative estimate of drug-likeness (QED) is 0.504. The van der Waals surface area contributed by atoms with Gasteiger partial charge in [0, 0.05) is 6.07 Å². The van der Waals surface area contributed by atoms with Gasteiger partial charge in [0.05, 0.1) is 5.56 Å². The summed E-state index contributed by atoms with van der Waals surface area (Å²) in [7, 11) is 0. The average molecular weight is 122 g/mol. The van der Waals surface area contributed by atoms with Crippen LogP contribution in [0.4, 0.5) is 0 Å². The minimum atomic E-state index is 0.0897. The molecule has 0 fully saturated rings. The lowest BCUT2D eigenvalue weighted by molar-refractivity contribution is -0.378. The van der Waals surface area contributed by atoms with E-state index in [9.17, 15) is 4.79 Å². The Balaban J connectivity index is 2.98. The summed E-state index contributed by atoms with van der Waals surface area (Å²) < 4.78 is 0. The monoisotopic (exact) mass is 122 g/mol. The number of nitrogens with one attached hydrogen (secondary N) is 1. The number of ketones is 1. The maximum atomic E-state index is 10.6. The molecule has 0 saturated heterocycles. The first-order valence-electron chi connectivity index (χ1n) is 2.78.